The molecule has 1 aromatic heterocycles. The van der Waals surface area contributed by atoms with E-state index in [1.165, 1.54) is 9.58 Å². The number of hydrogen-bond acceptors (Lipinski definition) is 5. The molecule has 0 radical (unpaired) electrons. The highest BCUT2D eigenvalue weighted by Crippen LogP contribution is 2.31. The zero-order valence-corrected chi connectivity index (χ0v) is 15.5. The van der Waals surface area contributed by atoms with E-state index in [9.17, 15) is 4.79 Å². The first-order valence-electron chi connectivity index (χ1n) is 9.10. The summed E-state index contributed by atoms with van der Waals surface area (Å²) < 4.78 is 12.4. The summed E-state index contributed by atoms with van der Waals surface area (Å²) in [7, 11) is 3.34. The number of methoxy groups -OCH3 is 2. The summed E-state index contributed by atoms with van der Waals surface area (Å²) in [5.41, 5.74) is 1.63. The van der Waals surface area contributed by atoms with Crippen LogP contribution in [0.3, 0.4) is 0 Å². The maximum absolute atomic E-state index is 12.8. The minimum atomic E-state index is -0.101. The van der Waals surface area contributed by atoms with Gasteiger partial charge in [-0.1, -0.05) is 17.3 Å². The van der Waals surface area contributed by atoms with Crippen molar-refractivity contribution >= 4 is 10.9 Å². The Bertz CT molecular complexity index is 1020. The molecule has 1 saturated heterocycles. The highest BCUT2D eigenvalue weighted by molar-refractivity contribution is 5.76. The molecule has 2 aromatic carbocycles. The Morgan fingerprint density at radius 3 is 2.85 bits per heavy atom. The number of nitrogens with zero attached hydrogens (tertiary/aromatic N) is 3. The number of ether oxygens (including phenoxy) is 2. The van der Waals surface area contributed by atoms with E-state index in [1.807, 2.05) is 30.3 Å². The van der Waals surface area contributed by atoms with Crippen LogP contribution in [0.25, 0.3) is 10.9 Å². The van der Waals surface area contributed by atoms with Gasteiger partial charge in [-0.3, -0.25) is 4.79 Å². The Hall–Kier alpha value is -2.93. The number of aromatic nitrogens is 3. The maximum atomic E-state index is 12.8. The molecule has 1 aliphatic rings. The Kier molecular flexibility index (Phi) is 4.77. The molecule has 0 saturated carbocycles. The van der Waals surface area contributed by atoms with Crippen molar-refractivity contribution in [3.8, 4) is 11.5 Å². The zero-order valence-electron chi connectivity index (χ0n) is 15.5. The first-order valence-corrected chi connectivity index (χ1v) is 9.10. The van der Waals surface area contributed by atoms with Gasteiger partial charge >= 0.3 is 0 Å². The van der Waals surface area contributed by atoms with Crippen molar-refractivity contribution in [2.45, 2.75) is 25.6 Å². The third-order valence-corrected chi connectivity index (χ3v) is 5.28. The Labute approximate surface area is 157 Å². The molecule has 140 valence electrons. The second-order valence-electron chi connectivity index (χ2n) is 6.78. The SMILES string of the molecule is COc1ccc(OC)c([C@H]2CCC[NH+]2Cn2nnc3ccccc3c2=O)c1. The van der Waals surface area contributed by atoms with E-state index in [0.717, 1.165) is 36.4 Å². The van der Waals surface area contributed by atoms with Crippen molar-refractivity contribution in [2.24, 2.45) is 0 Å². The lowest BCUT2D eigenvalue weighted by Gasteiger charge is -2.23. The molecule has 3 aromatic rings. The third-order valence-electron chi connectivity index (χ3n) is 5.28. The monoisotopic (exact) mass is 367 g/mol. The van der Waals surface area contributed by atoms with Gasteiger partial charge in [0.2, 0.25) is 0 Å². The van der Waals surface area contributed by atoms with Gasteiger partial charge in [-0.05, 0) is 30.3 Å². The van der Waals surface area contributed by atoms with Gasteiger partial charge in [0.1, 0.15) is 23.1 Å². The van der Waals surface area contributed by atoms with Crippen molar-refractivity contribution < 1.29 is 14.4 Å². The van der Waals surface area contributed by atoms with Gasteiger partial charge in [-0.15, -0.1) is 5.10 Å². The first-order chi connectivity index (χ1) is 13.2. The van der Waals surface area contributed by atoms with Crippen LogP contribution in [-0.2, 0) is 6.67 Å². The molecule has 7 heteroatoms. The number of quaternary nitrogens is 1. The van der Waals surface area contributed by atoms with E-state index in [-0.39, 0.29) is 11.6 Å². The molecule has 27 heavy (non-hydrogen) atoms. The lowest BCUT2D eigenvalue weighted by molar-refractivity contribution is -0.941. The van der Waals surface area contributed by atoms with Crippen LogP contribution in [0.15, 0.2) is 47.3 Å². The zero-order chi connectivity index (χ0) is 18.8. The fourth-order valence-electron chi connectivity index (χ4n) is 3.91. The summed E-state index contributed by atoms with van der Waals surface area (Å²) in [6.45, 7) is 1.44. The lowest BCUT2D eigenvalue weighted by Crippen LogP contribution is -3.09. The maximum Gasteiger partial charge on any atom is 0.282 e. The summed E-state index contributed by atoms with van der Waals surface area (Å²) in [4.78, 5) is 14.1. The summed E-state index contributed by atoms with van der Waals surface area (Å²) in [5, 5.41) is 8.95. The summed E-state index contributed by atoms with van der Waals surface area (Å²) in [5.74, 6) is 1.65. The number of fused-ring (bicyclic) bond motifs is 1. The molecule has 7 nitrogen and oxygen atoms in total. The Morgan fingerprint density at radius 2 is 2.04 bits per heavy atom. The van der Waals surface area contributed by atoms with E-state index in [4.69, 9.17) is 9.47 Å². The lowest BCUT2D eigenvalue weighted by atomic mass is 10.0. The first kappa shape index (κ1) is 17.5. The van der Waals surface area contributed by atoms with Gasteiger partial charge in [0.25, 0.3) is 5.56 Å². The molecule has 1 aliphatic heterocycles. The van der Waals surface area contributed by atoms with Crippen LogP contribution in [0.2, 0.25) is 0 Å². The molecule has 1 unspecified atom stereocenters. The predicted molar refractivity (Wildman–Crippen MR) is 101 cm³/mol. The normalized spacial score (nSPS) is 19.3. The quantitative estimate of drug-likeness (QED) is 0.733. The molecule has 0 amide bonds. The van der Waals surface area contributed by atoms with Crippen LogP contribution in [0.5, 0.6) is 11.5 Å². The minimum Gasteiger partial charge on any atom is -0.497 e. The van der Waals surface area contributed by atoms with Crippen molar-refractivity contribution in [2.75, 3.05) is 20.8 Å². The molecule has 2 heterocycles. The minimum absolute atomic E-state index is 0.101. The molecule has 2 atom stereocenters. The molecule has 0 aliphatic carbocycles. The third kappa shape index (κ3) is 3.26. The highest BCUT2D eigenvalue weighted by Gasteiger charge is 2.33. The van der Waals surface area contributed by atoms with Crippen molar-refractivity contribution in [1.82, 2.24) is 15.0 Å². The van der Waals surface area contributed by atoms with Crippen LogP contribution in [-0.4, -0.2) is 35.8 Å². The topological polar surface area (TPSA) is 70.7 Å². The van der Waals surface area contributed by atoms with E-state index in [0.29, 0.717) is 17.6 Å². The Morgan fingerprint density at radius 1 is 1.19 bits per heavy atom. The van der Waals surface area contributed by atoms with Crippen molar-refractivity contribution in [1.29, 1.82) is 0 Å². The molecule has 0 bridgehead atoms. The van der Waals surface area contributed by atoms with Gasteiger partial charge in [-0.25, -0.2) is 0 Å². The molecule has 0 spiro atoms. The molecular formula is C20H23N4O3+. The average molecular weight is 367 g/mol. The molecule has 1 N–H and O–H groups in total. The van der Waals surface area contributed by atoms with Gasteiger partial charge in [0, 0.05) is 12.8 Å². The average Bonchev–Trinajstić information content (AvgIpc) is 3.17. The Balaban J connectivity index is 1.67. The van der Waals surface area contributed by atoms with E-state index < -0.39 is 0 Å². The largest absolute Gasteiger partial charge is 0.497 e. The van der Waals surface area contributed by atoms with Gasteiger partial charge in [0.05, 0.1) is 31.7 Å². The van der Waals surface area contributed by atoms with Crippen LogP contribution < -0.4 is 19.9 Å². The summed E-state index contributed by atoms with van der Waals surface area (Å²) in [6.07, 6.45) is 2.10. The highest BCUT2D eigenvalue weighted by atomic mass is 16.5. The van der Waals surface area contributed by atoms with Gasteiger partial charge < -0.3 is 14.4 Å². The van der Waals surface area contributed by atoms with Gasteiger partial charge in [0.15, 0.2) is 6.67 Å². The number of hydrogen-bond donors (Lipinski definition) is 1. The number of nitrogens with one attached hydrogen (secondary N) is 1. The fourth-order valence-corrected chi connectivity index (χ4v) is 3.91. The number of rotatable bonds is 5. The smallest absolute Gasteiger partial charge is 0.282 e. The molecule has 1 fully saturated rings. The number of benzene rings is 2. The summed E-state index contributed by atoms with van der Waals surface area (Å²) >= 11 is 0. The van der Waals surface area contributed by atoms with E-state index in [2.05, 4.69) is 10.3 Å². The van der Waals surface area contributed by atoms with Crippen LogP contribution in [0, 0.1) is 0 Å². The fraction of sp³-hybridized carbons (Fsp3) is 0.350. The van der Waals surface area contributed by atoms with Crippen molar-refractivity contribution in [3.05, 3.63) is 58.4 Å². The molecular weight excluding hydrogens is 344 g/mol. The second-order valence-corrected chi connectivity index (χ2v) is 6.78. The molecule has 4 rings (SSSR count). The van der Waals surface area contributed by atoms with Crippen molar-refractivity contribution in [3.63, 3.8) is 0 Å². The standard InChI is InChI=1S/C20H22N4O3/c1-26-14-9-10-19(27-2)16(12-14)18-8-5-11-23(18)13-24-20(25)15-6-3-4-7-17(15)21-22-24/h3-4,6-7,9-10,12,18H,5,8,11,13H2,1-2H3/p+1/t18-/m1/s1. The number of likely N-dealkylation sites (tertiary alicyclic amines) is 1. The van der Waals surface area contributed by atoms with Crippen LogP contribution in [0.1, 0.15) is 24.4 Å². The second kappa shape index (κ2) is 7.36. The predicted octanol–water partition coefficient (Wildman–Crippen LogP) is 1.19. The van der Waals surface area contributed by atoms with Gasteiger partial charge in [-0.2, -0.15) is 4.68 Å². The van der Waals surface area contributed by atoms with E-state index >= 15 is 0 Å². The van der Waals surface area contributed by atoms with E-state index in [1.54, 1.807) is 26.4 Å². The van der Waals surface area contributed by atoms with Crippen LogP contribution >= 0.6 is 0 Å². The summed E-state index contributed by atoms with van der Waals surface area (Å²) in [6, 6.07) is 13.4. The van der Waals surface area contributed by atoms with Crippen LogP contribution in [0.4, 0.5) is 0 Å².